The van der Waals surface area contributed by atoms with Crippen LogP contribution in [0.15, 0.2) is 17.1 Å². The molecular weight excluding hydrogens is 479 g/mol. The van der Waals surface area contributed by atoms with Crippen molar-refractivity contribution < 1.29 is 14.2 Å². The van der Waals surface area contributed by atoms with Crippen LogP contribution >= 0.6 is 35.3 Å². The molecule has 0 spiro atoms. The number of hydrogen-bond acceptors (Lipinski definition) is 6. The van der Waals surface area contributed by atoms with E-state index in [1.807, 2.05) is 19.1 Å². The van der Waals surface area contributed by atoms with Gasteiger partial charge in [0.1, 0.15) is 5.01 Å². The molecule has 0 radical (unpaired) electrons. The molecule has 0 fully saturated rings. The van der Waals surface area contributed by atoms with Crippen molar-refractivity contribution in [3.63, 3.8) is 0 Å². The maximum Gasteiger partial charge on any atom is 0.203 e. The third-order valence-electron chi connectivity index (χ3n) is 3.94. The van der Waals surface area contributed by atoms with Crippen LogP contribution in [0.2, 0.25) is 0 Å². The highest BCUT2D eigenvalue weighted by Gasteiger charge is 2.16. The number of nitrogens with zero attached hydrogens (tertiary/aromatic N) is 2. The van der Waals surface area contributed by atoms with Crippen LogP contribution in [0, 0.1) is 13.8 Å². The molecule has 0 aliphatic rings. The summed E-state index contributed by atoms with van der Waals surface area (Å²) in [6, 6.07) is 3.80. The zero-order valence-corrected chi connectivity index (χ0v) is 19.7. The summed E-state index contributed by atoms with van der Waals surface area (Å²) >= 11 is 1.69. The Hall–Kier alpha value is -1.75. The fourth-order valence-corrected chi connectivity index (χ4v) is 3.35. The number of aliphatic imine (C=N–C) groups is 1. The third kappa shape index (κ3) is 5.86. The van der Waals surface area contributed by atoms with Crippen LogP contribution in [0.1, 0.15) is 21.1 Å². The summed E-state index contributed by atoms with van der Waals surface area (Å²) in [6.07, 6.45) is 0. The Bertz CT molecular complexity index is 761. The lowest BCUT2D eigenvalue weighted by molar-refractivity contribution is 0.322. The van der Waals surface area contributed by atoms with Crippen molar-refractivity contribution in [3.8, 4) is 17.2 Å². The van der Waals surface area contributed by atoms with E-state index >= 15 is 0 Å². The molecule has 27 heavy (non-hydrogen) atoms. The zero-order valence-electron chi connectivity index (χ0n) is 16.5. The van der Waals surface area contributed by atoms with Crippen LogP contribution in [0.3, 0.4) is 0 Å². The third-order valence-corrected chi connectivity index (χ3v) is 5.01. The van der Waals surface area contributed by atoms with Crippen LogP contribution in [0.5, 0.6) is 17.2 Å². The van der Waals surface area contributed by atoms with Gasteiger partial charge in [0.05, 0.1) is 33.6 Å². The van der Waals surface area contributed by atoms with Gasteiger partial charge in [0.2, 0.25) is 5.75 Å². The number of rotatable bonds is 7. The number of aryl methyl sites for hydroxylation is 2. The van der Waals surface area contributed by atoms with E-state index in [0.29, 0.717) is 36.3 Å². The lowest BCUT2D eigenvalue weighted by atomic mass is 10.1. The average molecular weight is 506 g/mol. The average Bonchev–Trinajstić information content (AvgIpc) is 2.98. The summed E-state index contributed by atoms with van der Waals surface area (Å²) in [5.74, 6) is 2.53. The van der Waals surface area contributed by atoms with Crippen molar-refractivity contribution in [3.05, 3.63) is 33.3 Å². The molecule has 1 heterocycles. The molecule has 150 valence electrons. The van der Waals surface area contributed by atoms with Gasteiger partial charge in [-0.05, 0) is 26.0 Å². The van der Waals surface area contributed by atoms with Crippen LogP contribution < -0.4 is 24.8 Å². The van der Waals surface area contributed by atoms with Gasteiger partial charge in [-0.3, -0.25) is 4.99 Å². The number of guanidine groups is 1. The number of thiazole rings is 1. The molecule has 0 saturated carbocycles. The Balaban J connectivity index is 0.00000364. The summed E-state index contributed by atoms with van der Waals surface area (Å²) in [5, 5.41) is 7.59. The molecule has 0 unspecified atom stereocenters. The molecule has 1 aromatic carbocycles. The first kappa shape index (κ1) is 23.3. The number of aromatic nitrogens is 1. The number of methoxy groups -OCH3 is 3. The van der Waals surface area contributed by atoms with E-state index in [1.54, 1.807) is 39.7 Å². The minimum Gasteiger partial charge on any atom is -0.493 e. The first-order chi connectivity index (χ1) is 12.5. The maximum absolute atomic E-state index is 5.51. The highest BCUT2D eigenvalue weighted by atomic mass is 127. The van der Waals surface area contributed by atoms with E-state index in [4.69, 9.17) is 14.2 Å². The predicted octanol–water partition coefficient (Wildman–Crippen LogP) is 3.27. The van der Waals surface area contributed by atoms with Crippen LogP contribution in [-0.4, -0.2) is 39.3 Å². The molecular formula is C18H27IN4O3S. The normalized spacial score (nSPS) is 10.8. The van der Waals surface area contributed by atoms with E-state index in [9.17, 15) is 0 Å². The monoisotopic (exact) mass is 506 g/mol. The smallest absolute Gasteiger partial charge is 0.203 e. The largest absolute Gasteiger partial charge is 0.493 e. The number of benzene rings is 1. The first-order valence-corrected chi connectivity index (χ1v) is 9.00. The van der Waals surface area contributed by atoms with Gasteiger partial charge in [-0.15, -0.1) is 35.3 Å². The van der Waals surface area contributed by atoms with Crippen LogP contribution in [0.4, 0.5) is 0 Å². The summed E-state index contributed by atoms with van der Waals surface area (Å²) < 4.78 is 16.2. The van der Waals surface area contributed by atoms with Gasteiger partial charge in [0.25, 0.3) is 0 Å². The minimum atomic E-state index is 0. The number of hydrogen-bond donors (Lipinski definition) is 2. The molecule has 0 atom stereocenters. The van der Waals surface area contributed by atoms with Gasteiger partial charge in [0.15, 0.2) is 17.5 Å². The second-order valence-corrected chi connectivity index (χ2v) is 6.81. The summed E-state index contributed by atoms with van der Waals surface area (Å²) in [7, 11) is 6.54. The molecule has 2 aromatic rings. The highest BCUT2D eigenvalue weighted by molar-refractivity contribution is 14.0. The number of ether oxygens (including phenoxy) is 3. The molecule has 0 bridgehead atoms. The first-order valence-electron chi connectivity index (χ1n) is 8.19. The van der Waals surface area contributed by atoms with Gasteiger partial charge in [-0.1, -0.05) is 0 Å². The Morgan fingerprint density at radius 1 is 1.04 bits per heavy atom. The fraction of sp³-hybridized carbons (Fsp3) is 0.444. The number of halogens is 1. The summed E-state index contributed by atoms with van der Waals surface area (Å²) in [5.41, 5.74) is 2.01. The molecule has 2 N–H and O–H groups in total. The Morgan fingerprint density at radius 3 is 2.22 bits per heavy atom. The zero-order chi connectivity index (χ0) is 19.1. The minimum absolute atomic E-state index is 0. The lowest BCUT2D eigenvalue weighted by Crippen LogP contribution is -2.36. The van der Waals surface area contributed by atoms with Crippen molar-refractivity contribution in [1.82, 2.24) is 15.6 Å². The highest BCUT2D eigenvalue weighted by Crippen LogP contribution is 2.39. The summed E-state index contributed by atoms with van der Waals surface area (Å²) in [4.78, 5) is 10.0. The van der Waals surface area contributed by atoms with Crippen LogP contribution in [-0.2, 0) is 13.1 Å². The van der Waals surface area contributed by atoms with Crippen molar-refractivity contribution in [2.75, 3.05) is 28.4 Å². The van der Waals surface area contributed by atoms with Gasteiger partial charge in [-0.25, -0.2) is 4.98 Å². The van der Waals surface area contributed by atoms with Crippen molar-refractivity contribution >= 4 is 41.3 Å². The van der Waals surface area contributed by atoms with Gasteiger partial charge < -0.3 is 24.8 Å². The standard InChI is InChI=1S/C18H26N4O3S.HI/c1-11-12(2)26-15(22-11)10-21-18(19-3)20-9-13-7-8-14(23-4)17(25-6)16(13)24-5;/h7-8H,9-10H2,1-6H3,(H2,19,20,21);1H. The van der Waals surface area contributed by atoms with Gasteiger partial charge >= 0.3 is 0 Å². The van der Waals surface area contributed by atoms with Crippen molar-refractivity contribution in [2.45, 2.75) is 26.9 Å². The topological polar surface area (TPSA) is 77.0 Å². The van der Waals surface area contributed by atoms with E-state index < -0.39 is 0 Å². The quantitative estimate of drug-likeness (QED) is 0.341. The molecule has 0 aliphatic heterocycles. The van der Waals surface area contributed by atoms with Crippen molar-refractivity contribution in [2.24, 2.45) is 4.99 Å². The van der Waals surface area contributed by atoms with E-state index in [1.165, 1.54) is 4.88 Å². The second-order valence-electron chi connectivity index (χ2n) is 5.52. The second kappa shape index (κ2) is 11.2. The molecule has 0 saturated heterocycles. The summed E-state index contributed by atoms with van der Waals surface area (Å²) in [6.45, 7) is 5.25. The molecule has 1 aromatic heterocycles. The lowest BCUT2D eigenvalue weighted by Gasteiger charge is -2.17. The molecule has 0 amide bonds. The van der Waals surface area contributed by atoms with Gasteiger partial charge in [0, 0.05) is 24.0 Å². The molecule has 7 nitrogen and oxygen atoms in total. The van der Waals surface area contributed by atoms with Gasteiger partial charge in [-0.2, -0.15) is 0 Å². The molecule has 0 aliphatic carbocycles. The van der Waals surface area contributed by atoms with Crippen LogP contribution in [0.25, 0.3) is 0 Å². The predicted molar refractivity (Wildman–Crippen MR) is 120 cm³/mol. The SMILES string of the molecule is CN=C(NCc1nc(C)c(C)s1)NCc1ccc(OC)c(OC)c1OC.I. The Kier molecular flexibility index (Phi) is 9.64. The number of nitrogens with one attached hydrogen (secondary N) is 2. The maximum atomic E-state index is 5.51. The Morgan fingerprint density at radius 2 is 1.70 bits per heavy atom. The molecule has 2 rings (SSSR count). The van der Waals surface area contributed by atoms with E-state index in [2.05, 4.69) is 27.5 Å². The van der Waals surface area contributed by atoms with E-state index in [0.717, 1.165) is 16.3 Å². The fourth-order valence-electron chi connectivity index (χ4n) is 2.48. The van der Waals surface area contributed by atoms with Crippen molar-refractivity contribution in [1.29, 1.82) is 0 Å². The molecule has 9 heteroatoms. The van der Waals surface area contributed by atoms with E-state index in [-0.39, 0.29) is 24.0 Å². The Labute approximate surface area is 181 Å².